The van der Waals surface area contributed by atoms with Gasteiger partial charge in [0.15, 0.2) is 0 Å². The summed E-state index contributed by atoms with van der Waals surface area (Å²) in [5.41, 5.74) is 7.45. The number of para-hydroxylation sites is 1. The van der Waals surface area contributed by atoms with Crippen molar-refractivity contribution in [2.24, 2.45) is 0 Å². The van der Waals surface area contributed by atoms with E-state index in [1.54, 1.807) is 0 Å². The lowest BCUT2D eigenvalue weighted by Crippen LogP contribution is -2.17. The molecule has 0 bridgehead atoms. The van der Waals surface area contributed by atoms with Crippen LogP contribution in [0.5, 0.6) is 0 Å². The van der Waals surface area contributed by atoms with Gasteiger partial charge in [0.2, 0.25) is 0 Å². The molecule has 0 aromatic heterocycles. The summed E-state index contributed by atoms with van der Waals surface area (Å²) < 4.78 is 0. The minimum atomic E-state index is 0.332. The standard InChI is InChI=1S/C27H25N/c1-21-9-8-12-24(19-21)27(23-10-4-2-5-11-23)20-22-15-17-26(18-16-22)28-25-13-6-3-7-14-25/h2-17,19-20,26,28H,18H2,1H3. The highest BCUT2D eigenvalue weighted by Gasteiger charge is 2.10. The van der Waals surface area contributed by atoms with Crippen molar-refractivity contribution in [2.75, 3.05) is 5.32 Å². The van der Waals surface area contributed by atoms with Gasteiger partial charge in [0.05, 0.1) is 0 Å². The Bertz CT molecular complexity index is 1010. The minimum Gasteiger partial charge on any atom is -0.379 e. The molecule has 0 aliphatic heterocycles. The Morgan fingerprint density at radius 1 is 0.857 bits per heavy atom. The van der Waals surface area contributed by atoms with E-state index in [0.717, 1.165) is 12.1 Å². The zero-order chi connectivity index (χ0) is 19.2. The summed E-state index contributed by atoms with van der Waals surface area (Å²) in [6.45, 7) is 2.14. The first-order valence-electron chi connectivity index (χ1n) is 9.82. The molecule has 1 nitrogen and oxygen atoms in total. The number of benzene rings is 3. The molecule has 0 saturated carbocycles. The van der Waals surface area contributed by atoms with Gasteiger partial charge in [0.1, 0.15) is 0 Å². The molecule has 0 heterocycles. The highest BCUT2D eigenvalue weighted by molar-refractivity contribution is 5.82. The van der Waals surface area contributed by atoms with Crippen LogP contribution >= 0.6 is 0 Å². The lowest BCUT2D eigenvalue weighted by atomic mass is 9.93. The van der Waals surface area contributed by atoms with Crippen molar-refractivity contribution < 1.29 is 0 Å². The Kier molecular flexibility index (Phi) is 5.53. The van der Waals surface area contributed by atoms with Crippen molar-refractivity contribution in [3.63, 3.8) is 0 Å². The molecule has 0 spiro atoms. The lowest BCUT2D eigenvalue weighted by Gasteiger charge is -2.19. The smallest absolute Gasteiger partial charge is 0.0482 e. The number of allylic oxidation sites excluding steroid dienone is 3. The third-order valence-electron chi connectivity index (χ3n) is 4.98. The van der Waals surface area contributed by atoms with Crippen LogP contribution in [-0.2, 0) is 0 Å². The molecule has 138 valence electrons. The number of aryl methyl sites for hydroxylation is 1. The Morgan fingerprint density at radius 2 is 1.57 bits per heavy atom. The molecule has 4 rings (SSSR count). The second kappa shape index (κ2) is 8.58. The maximum Gasteiger partial charge on any atom is 0.0482 e. The van der Waals surface area contributed by atoms with E-state index >= 15 is 0 Å². The Labute approximate surface area is 167 Å². The molecule has 1 unspecified atom stereocenters. The molecule has 0 saturated heterocycles. The number of hydrogen-bond donors (Lipinski definition) is 1. The van der Waals surface area contributed by atoms with E-state index in [9.17, 15) is 0 Å². The Balaban J connectivity index is 1.58. The summed E-state index contributed by atoms with van der Waals surface area (Å²) in [5.74, 6) is 0. The van der Waals surface area contributed by atoms with Gasteiger partial charge in [-0.15, -0.1) is 0 Å². The molecule has 0 radical (unpaired) electrons. The summed E-state index contributed by atoms with van der Waals surface area (Å²) in [6, 6.07) is 30.1. The molecule has 0 amide bonds. The van der Waals surface area contributed by atoms with Crippen LogP contribution in [-0.4, -0.2) is 6.04 Å². The van der Waals surface area contributed by atoms with Gasteiger partial charge in [0, 0.05) is 11.7 Å². The van der Waals surface area contributed by atoms with Crippen molar-refractivity contribution in [1.82, 2.24) is 0 Å². The van der Waals surface area contributed by atoms with Gasteiger partial charge in [-0.3, -0.25) is 0 Å². The summed E-state index contributed by atoms with van der Waals surface area (Å²) in [6.07, 6.45) is 10.1. The predicted octanol–water partition coefficient (Wildman–Crippen LogP) is 6.79. The van der Waals surface area contributed by atoms with Crippen LogP contribution in [0, 0.1) is 6.92 Å². The third kappa shape index (κ3) is 4.50. The van der Waals surface area contributed by atoms with Crippen LogP contribution in [0.1, 0.15) is 23.1 Å². The SMILES string of the molecule is Cc1cccc(C(=CC2=CCC(Nc3ccccc3)C=C2)c2ccccc2)c1. The predicted molar refractivity (Wildman–Crippen MR) is 120 cm³/mol. The molecule has 1 N–H and O–H groups in total. The van der Waals surface area contributed by atoms with Crippen molar-refractivity contribution in [1.29, 1.82) is 0 Å². The monoisotopic (exact) mass is 363 g/mol. The number of nitrogens with one attached hydrogen (secondary N) is 1. The summed E-state index contributed by atoms with van der Waals surface area (Å²) in [5, 5.41) is 3.57. The fourth-order valence-corrected chi connectivity index (χ4v) is 3.53. The molecular formula is C27H25N. The Morgan fingerprint density at radius 3 is 2.25 bits per heavy atom. The van der Waals surface area contributed by atoms with Crippen LogP contribution in [0.2, 0.25) is 0 Å². The lowest BCUT2D eigenvalue weighted by molar-refractivity contribution is 0.878. The third-order valence-corrected chi connectivity index (χ3v) is 4.98. The van der Waals surface area contributed by atoms with Gasteiger partial charge in [-0.25, -0.2) is 0 Å². The molecule has 1 heteroatoms. The quantitative estimate of drug-likeness (QED) is 0.526. The molecule has 3 aromatic carbocycles. The molecule has 1 aliphatic carbocycles. The van der Waals surface area contributed by atoms with E-state index in [2.05, 4.69) is 115 Å². The molecule has 1 atom stereocenters. The van der Waals surface area contributed by atoms with E-state index in [0.29, 0.717) is 6.04 Å². The maximum atomic E-state index is 3.57. The van der Waals surface area contributed by atoms with E-state index in [-0.39, 0.29) is 0 Å². The first kappa shape index (κ1) is 18.1. The second-order valence-electron chi connectivity index (χ2n) is 7.21. The molecule has 0 fully saturated rings. The number of rotatable bonds is 5. The van der Waals surface area contributed by atoms with Gasteiger partial charge in [0.25, 0.3) is 0 Å². The zero-order valence-electron chi connectivity index (χ0n) is 16.2. The minimum absolute atomic E-state index is 0.332. The Hall–Kier alpha value is -3.32. The van der Waals surface area contributed by atoms with Crippen molar-refractivity contribution in [3.8, 4) is 0 Å². The molecule has 28 heavy (non-hydrogen) atoms. The van der Waals surface area contributed by atoms with E-state index in [4.69, 9.17) is 0 Å². The largest absolute Gasteiger partial charge is 0.379 e. The van der Waals surface area contributed by atoms with Crippen LogP contribution in [0.25, 0.3) is 5.57 Å². The van der Waals surface area contributed by atoms with Crippen molar-refractivity contribution in [2.45, 2.75) is 19.4 Å². The number of hydrogen-bond acceptors (Lipinski definition) is 1. The summed E-state index contributed by atoms with van der Waals surface area (Å²) in [7, 11) is 0. The zero-order valence-corrected chi connectivity index (χ0v) is 16.2. The van der Waals surface area contributed by atoms with Crippen LogP contribution in [0.3, 0.4) is 0 Å². The van der Waals surface area contributed by atoms with E-state index < -0.39 is 0 Å². The van der Waals surface area contributed by atoms with Gasteiger partial charge in [-0.2, -0.15) is 0 Å². The topological polar surface area (TPSA) is 12.0 Å². The second-order valence-corrected chi connectivity index (χ2v) is 7.21. The molecular weight excluding hydrogens is 338 g/mol. The number of anilines is 1. The fourth-order valence-electron chi connectivity index (χ4n) is 3.53. The van der Waals surface area contributed by atoms with Crippen molar-refractivity contribution >= 4 is 11.3 Å². The first-order chi connectivity index (χ1) is 13.8. The van der Waals surface area contributed by atoms with Gasteiger partial charge in [-0.1, -0.05) is 96.6 Å². The summed E-state index contributed by atoms with van der Waals surface area (Å²) >= 11 is 0. The van der Waals surface area contributed by atoms with Gasteiger partial charge in [-0.05, 0) is 53.8 Å². The highest BCUT2D eigenvalue weighted by atomic mass is 14.9. The normalized spacial score (nSPS) is 16.5. The van der Waals surface area contributed by atoms with Crippen LogP contribution in [0.4, 0.5) is 5.69 Å². The highest BCUT2D eigenvalue weighted by Crippen LogP contribution is 2.27. The fraction of sp³-hybridized carbons (Fsp3) is 0.111. The van der Waals surface area contributed by atoms with Crippen LogP contribution < -0.4 is 5.32 Å². The first-order valence-corrected chi connectivity index (χ1v) is 9.82. The van der Waals surface area contributed by atoms with Gasteiger partial charge < -0.3 is 5.32 Å². The van der Waals surface area contributed by atoms with Gasteiger partial charge >= 0.3 is 0 Å². The van der Waals surface area contributed by atoms with Crippen LogP contribution in [0.15, 0.2) is 115 Å². The van der Waals surface area contributed by atoms with E-state index in [1.165, 1.54) is 27.8 Å². The molecule has 1 aliphatic rings. The average Bonchev–Trinajstić information content (AvgIpc) is 2.74. The van der Waals surface area contributed by atoms with E-state index in [1.807, 2.05) is 6.07 Å². The van der Waals surface area contributed by atoms with Crippen molar-refractivity contribution in [3.05, 3.63) is 131 Å². The average molecular weight is 364 g/mol. The summed E-state index contributed by atoms with van der Waals surface area (Å²) in [4.78, 5) is 0. The molecule has 3 aromatic rings. The maximum absolute atomic E-state index is 3.57.